The summed E-state index contributed by atoms with van der Waals surface area (Å²) in [5.74, 6) is -3.08. The first kappa shape index (κ1) is 29.8. The van der Waals surface area contributed by atoms with Crippen molar-refractivity contribution >= 4 is 64.0 Å². The maximum absolute atomic E-state index is 14.8. The van der Waals surface area contributed by atoms with E-state index in [-0.39, 0.29) is 5.11 Å². The largest absolute Gasteiger partial charge is 0.345 e. The Hall–Kier alpha value is -4.89. The number of allylic oxidation sites excluding steroid dienone is 1. The molecule has 2 aliphatic rings. The van der Waals surface area contributed by atoms with E-state index in [0.29, 0.717) is 49.3 Å². The van der Waals surface area contributed by atoms with Gasteiger partial charge in [-0.25, -0.2) is 4.79 Å². The fourth-order valence-corrected chi connectivity index (χ4v) is 7.16. The average molecular weight is 664 g/mol. The van der Waals surface area contributed by atoms with Crippen LogP contribution in [0.2, 0.25) is 10.0 Å². The van der Waals surface area contributed by atoms with Gasteiger partial charge in [-0.1, -0.05) is 108 Å². The Kier molecular flexibility index (Phi) is 7.64. The SMILES string of the molecule is O=C1NC(=S)NC(=O)C12C(c1ccc(Cl)cc1)/C(=C/c1ccccc1)c1nc(=O)[nH]c(-c3ccccc3)c1C2c1ccc(Cl)cc1. The minimum Gasteiger partial charge on any atom is -0.305 e. The van der Waals surface area contributed by atoms with Gasteiger partial charge >= 0.3 is 5.69 Å². The van der Waals surface area contributed by atoms with E-state index in [0.717, 1.165) is 5.56 Å². The predicted octanol–water partition coefficient (Wildman–Crippen LogP) is 6.73. The molecule has 2 unspecified atom stereocenters. The van der Waals surface area contributed by atoms with Crippen LogP contribution >= 0.6 is 35.4 Å². The van der Waals surface area contributed by atoms with E-state index >= 15 is 0 Å². The zero-order valence-corrected chi connectivity index (χ0v) is 26.3. The third-order valence-electron chi connectivity index (χ3n) is 8.55. The highest BCUT2D eigenvalue weighted by Crippen LogP contribution is 2.62. The summed E-state index contributed by atoms with van der Waals surface area (Å²) in [6.45, 7) is 0. The molecule has 1 aliphatic carbocycles. The summed E-state index contributed by atoms with van der Waals surface area (Å²) in [7, 11) is 0. The number of benzene rings is 4. The Bertz CT molecular complexity index is 2080. The van der Waals surface area contributed by atoms with E-state index in [9.17, 15) is 14.4 Å². The molecule has 1 saturated heterocycles. The summed E-state index contributed by atoms with van der Waals surface area (Å²) >= 11 is 18.0. The van der Waals surface area contributed by atoms with Crippen LogP contribution in [0.3, 0.4) is 0 Å². The maximum atomic E-state index is 14.8. The van der Waals surface area contributed by atoms with Gasteiger partial charge in [0, 0.05) is 27.4 Å². The molecule has 4 aromatic carbocycles. The van der Waals surface area contributed by atoms with E-state index in [2.05, 4.69) is 20.6 Å². The number of nitrogens with zero attached hydrogens (tertiary/aromatic N) is 1. The van der Waals surface area contributed by atoms with Crippen LogP contribution in [0.5, 0.6) is 0 Å². The van der Waals surface area contributed by atoms with Gasteiger partial charge in [-0.05, 0) is 70.4 Å². The Labute approximate surface area is 279 Å². The Morgan fingerprint density at radius 3 is 1.78 bits per heavy atom. The molecule has 1 aliphatic heterocycles. The van der Waals surface area contributed by atoms with E-state index in [1.54, 1.807) is 48.5 Å². The lowest BCUT2D eigenvalue weighted by atomic mass is 9.52. The number of hydrogen-bond acceptors (Lipinski definition) is 5. The van der Waals surface area contributed by atoms with Gasteiger partial charge in [0.25, 0.3) is 0 Å². The highest BCUT2D eigenvalue weighted by atomic mass is 35.5. The van der Waals surface area contributed by atoms with Crippen LogP contribution in [0.15, 0.2) is 114 Å². The predicted molar refractivity (Wildman–Crippen MR) is 183 cm³/mol. The Morgan fingerprint density at radius 2 is 1.22 bits per heavy atom. The number of aromatic amines is 1. The lowest BCUT2D eigenvalue weighted by Crippen LogP contribution is -2.67. The van der Waals surface area contributed by atoms with E-state index < -0.39 is 34.8 Å². The minimum absolute atomic E-state index is 0.0902. The van der Waals surface area contributed by atoms with Gasteiger partial charge in [-0.2, -0.15) is 4.98 Å². The summed E-state index contributed by atoms with van der Waals surface area (Å²) in [5.41, 5.74) is 2.11. The molecule has 2 amide bonds. The molecule has 7 nitrogen and oxygen atoms in total. The molecule has 2 atom stereocenters. The van der Waals surface area contributed by atoms with E-state index in [1.165, 1.54) is 0 Å². The van der Waals surface area contributed by atoms with Gasteiger partial charge in [0.15, 0.2) is 10.5 Å². The highest BCUT2D eigenvalue weighted by Gasteiger charge is 2.65. The van der Waals surface area contributed by atoms with Crippen molar-refractivity contribution in [2.45, 2.75) is 11.8 Å². The van der Waals surface area contributed by atoms with Crippen LogP contribution in [0.1, 0.15) is 39.8 Å². The second kappa shape index (κ2) is 11.8. The number of hydrogen-bond donors (Lipinski definition) is 3. The third-order valence-corrected chi connectivity index (χ3v) is 9.26. The van der Waals surface area contributed by atoms with Crippen LogP contribution in [-0.2, 0) is 9.59 Å². The fourth-order valence-electron chi connectivity index (χ4n) is 6.73. The van der Waals surface area contributed by atoms with Gasteiger partial charge in [-0.15, -0.1) is 0 Å². The molecule has 0 radical (unpaired) electrons. The van der Waals surface area contributed by atoms with Gasteiger partial charge in [0.05, 0.1) is 11.4 Å². The number of carbonyl (C=O) groups is 2. The molecule has 0 bridgehead atoms. The number of halogens is 2. The van der Waals surface area contributed by atoms with Crippen molar-refractivity contribution in [1.29, 1.82) is 0 Å². The molecule has 1 spiro atoms. The first-order valence-corrected chi connectivity index (χ1v) is 15.6. The van der Waals surface area contributed by atoms with Crippen LogP contribution in [0.25, 0.3) is 22.9 Å². The first-order valence-electron chi connectivity index (χ1n) is 14.4. The molecule has 0 saturated carbocycles. The second-order valence-electron chi connectivity index (χ2n) is 11.1. The normalized spacial score (nSPS) is 19.4. The minimum atomic E-state index is -1.86. The maximum Gasteiger partial charge on any atom is 0.345 e. The smallest absolute Gasteiger partial charge is 0.305 e. The lowest BCUT2D eigenvalue weighted by molar-refractivity contribution is -0.145. The number of rotatable bonds is 4. The van der Waals surface area contributed by atoms with E-state index in [1.807, 2.05) is 66.7 Å². The number of aromatic nitrogens is 2. The molecule has 7 rings (SSSR count). The molecule has 2 heterocycles. The number of thiocarbonyl (C=S) groups is 1. The second-order valence-corrected chi connectivity index (χ2v) is 12.4. The Morgan fingerprint density at radius 1 is 0.696 bits per heavy atom. The van der Waals surface area contributed by atoms with Crippen molar-refractivity contribution in [3.63, 3.8) is 0 Å². The molecule has 5 aromatic rings. The topological polar surface area (TPSA) is 104 Å². The van der Waals surface area contributed by atoms with Crippen molar-refractivity contribution < 1.29 is 9.59 Å². The van der Waals surface area contributed by atoms with Gasteiger partial charge < -0.3 is 15.6 Å². The van der Waals surface area contributed by atoms with Crippen molar-refractivity contribution in [2.24, 2.45) is 5.41 Å². The molecular weight excluding hydrogens is 639 g/mol. The average Bonchev–Trinajstić information content (AvgIpc) is 3.05. The molecule has 3 N–H and O–H groups in total. The van der Waals surface area contributed by atoms with Crippen LogP contribution < -0.4 is 16.3 Å². The first-order chi connectivity index (χ1) is 22.3. The quantitative estimate of drug-likeness (QED) is 0.146. The number of fused-ring (bicyclic) bond motifs is 1. The fraction of sp³-hybridized carbons (Fsp3) is 0.0833. The molecule has 1 fully saturated rings. The van der Waals surface area contributed by atoms with Gasteiger partial charge in [0.1, 0.15) is 0 Å². The summed E-state index contributed by atoms with van der Waals surface area (Å²) in [5, 5.41) is 6.41. The number of carbonyl (C=O) groups excluding carboxylic acids is 2. The lowest BCUT2D eigenvalue weighted by Gasteiger charge is -2.50. The highest BCUT2D eigenvalue weighted by molar-refractivity contribution is 7.80. The molecule has 46 heavy (non-hydrogen) atoms. The van der Waals surface area contributed by atoms with Crippen molar-refractivity contribution in [3.8, 4) is 11.3 Å². The monoisotopic (exact) mass is 662 g/mol. The summed E-state index contributed by atoms with van der Waals surface area (Å²) in [6.07, 6.45) is 1.88. The summed E-state index contributed by atoms with van der Waals surface area (Å²) in [4.78, 5) is 50.5. The van der Waals surface area contributed by atoms with Crippen LogP contribution in [-0.4, -0.2) is 26.9 Å². The molecule has 226 valence electrons. The van der Waals surface area contributed by atoms with Crippen molar-refractivity contribution in [1.82, 2.24) is 20.6 Å². The van der Waals surface area contributed by atoms with Gasteiger partial charge in [-0.3, -0.25) is 9.59 Å². The summed E-state index contributed by atoms with van der Waals surface area (Å²) in [6, 6.07) is 32.8. The molecule has 10 heteroatoms. The van der Waals surface area contributed by atoms with Crippen LogP contribution in [0, 0.1) is 5.41 Å². The van der Waals surface area contributed by atoms with Crippen molar-refractivity contribution in [3.05, 3.63) is 158 Å². The summed E-state index contributed by atoms with van der Waals surface area (Å²) < 4.78 is 0. The molecule has 1 aromatic heterocycles. The zero-order chi connectivity index (χ0) is 32.0. The standard InChI is InChI=1S/C36H24Cl2N4O3S/c37-24-15-11-21(12-16-24)28-26(19-20-7-3-1-4-8-20)31-27(30(39-34(45)40-31)23-9-5-2-6-10-23)29(22-13-17-25(38)18-14-22)36(28)32(43)41-35(46)42-33(36)44/h1-19,28-29H,(H,39,40,45)(H2,41,42,43,44,46)/b26-19-. The molecular formula is C36H24Cl2N4O3S. The van der Waals surface area contributed by atoms with Crippen molar-refractivity contribution in [2.75, 3.05) is 0 Å². The number of nitrogens with one attached hydrogen (secondary N) is 3. The van der Waals surface area contributed by atoms with E-state index in [4.69, 9.17) is 35.4 Å². The zero-order valence-electron chi connectivity index (χ0n) is 24.0. The number of H-pyrrole nitrogens is 1. The van der Waals surface area contributed by atoms with Crippen LogP contribution in [0.4, 0.5) is 0 Å². The number of amides is 2. The third kappa shape index (κ3) is 4.95. The van der Waals surface area contributed by atoms with Gasteiger partial charge in [0.2, 0.25) is 11.8 Å². The Balaban J connectivity index is 1.70.